The number of aliphatic hydroxyl groups is 1. The second-order valence-electron chi connectivity index (χ2n) is 6.31. The van der Waals surface area contributed by atoms with Crippen molar-refractivity contribution in [2.24, 2.45) is 0 Å². The highest BCUT2D eigenvalue weighted by atomic mass is 16.5. The summed E-state index contributed by atoms with van der Waals surface area (Å²) < 4.78 is 5.62. The molecule has 1 aliphatic heterocycles. The summed E-state index contributed by atoms with van der Waals surface area (Å²) in [6, 6.07) is 7.50. The molecule has 134 valence electrons. The van der Waals surface area contributed by atoms with Gasteiger partial charge in [-0.25, -0.2) is 0 Å². The average Bonchev–Trinajstić information content (AvgIpc) is 2.62. The van der Waals surface area contributed by atoms with E-state index in [2.05, 4.69) is 16.7 Å². The second-order valence-corrected chi connectivity index (χ2v) is 6.31. The van der Waals surface area contributed by atoms with Gasteiger partial charge in [-0.3, -0.25) is 9.69 Å². The van der Waals surface area contributed by atoms with E-state index in [0.29, 0.717) is 6.42 Å². The Labute approximate surface area is 145 Å². The summed E-state index contributed by atoms with van der Waals surface area (Å²) >= 11 is 0. The molecule has 1 aromatic rings. The van der Waals surface area contributed by atoms with Crippen LogP contribution in [0.5, 0.6) is 5.75 Å². The third-order valence-electron chi connectivity index (χ3n) is 4.48. The molecule has 0 amide bonds. The van der Waals surface area contributed by atoms with Crippen molar-refractivity contribution in [3.05, 3.63) is 29.8 Å². The van der Waals surface area contributed by atoms with Crippen LogP contribution in [0.1, 0.15) is 36.5 Å². The molecule has 1 saturated heterocycles. The number of carbonyl (C=O) groups excluding carboxylic acids is 1. The summed E-state index contributed by atoms with van der Waals surface area (Å²) in [4.78, 5) is 16.9. The minimum atomic E-state index is 0.188. The molecular weight excluding hydrogens is 304 g/mol. The van der Waals surface area contributed by atoms with Crippen molar-refractivity contribution < 1.29 is 14.6 Å². The van der Waals surface area contributed by atoms with Crippen LogP contribution in [0, 0.1) is 0 Å². The third kappa shape index (κ3) is 6.23. The Morgan fingerprint density at radius 1 is 1.08 bits per heavy atom. The van der Waals surface area contributed by atoms with Gasteiger partial charge in [0.2, 0.25) is 0 Å². The monoisotopic (exact) mass is 334 g/mol. The Morgan fingerprint density at radius 2 is 1.71 bits per heavy atom. The fourth-order valence-electron chi connectivity index (χ4n) is 2.85. The van der Waals surface area contributed by atoms with Gasteiger partial charge in [0, 0.05) is 51.3 Å². The largest absolute Gasteiger partial charge is 0.494 e. The molecule has 1 N–H and O–H groups in total. The first kappa shape index (κ1) is 18.9. The smallest absolute Gasteiger partial charge is 0.164 e. The van der Waals surface area contributed by atoms with E-state index in [1.807, 2.05) is 24.3 Å². The van der Waals surface area contributed by atoms with Crippen LogP contribution in [0.15, 0.2) is 24.3 Å². The van der Waals surface area contributed by atoms with Crippen molar-refractivity contribution in [2.45, 2.75) is 26.2 Å². The van der Waals surface area contributed by atoms with Crippen molar-refractivity contribution in [1.82, 2.24) is 9.80 Å². The van der Waals surface area contributed by atoms with Crippen LogP contribution in [-0.2, 0) is 0 Å². The first-order valence-corrected chi connectivity index (χ1v) is 9.04. The average molecular weight is 334 g/mol. The lowest BCUT2D eigenvalue weighted by molar-refractivity contribution is 0.0907. The zero-order valence-electron chi connectivity index (χ0n) is 14.7. The maximum atomic E-state index is 12.3. The van der Waals surface area contributed by atoms with Gasteiger partial charge in [0.25, 0.3) is 0 Å². The van der Waals surface area contributed by atoms with E-state index in [0.717, 1.165) is 70.0 Å². The molecule has 1 aliphatic rings. The highest BCUT2D eigenvalue weighted by Gasteiger charge is 2.17. The summed E-state index contributed by atoms with van der Waals surface area (Å²) in [6.45, 7) is 8.52. The number of β-amino-alcohol motifs (C(OH)–C–C–N with tert-alkyl or cyclic N) is 1. The lowest BCUT2D eigenvalue weighted by Gasteiger charge is -2.34. The highest BCUT2D eigenvalue weighted by Crippen LogP contribution is 2.14. The number of piperazine rings is 1. The van der Waals surface area contributed by atoms with Gasteiger partial charge in [-0.1, -0.05) is 13.3 Å². The molecule has 5 heteroatoms. The van der Waals surface area contributed by atoms with Gasteiger partial charge >= 0.3 is 0 Å². The molecule has 0 unspecified atom stereocenters. The van der Waals surface area contributed by atoms with Gasteiger partial charge in [0.15, 0.2) is 5.78 Å². The number of ether oxygens (including phenoxy) is 1. The molecule has 0 aromatic heterocycles. The molecule has 0 atom stereocenters. The van der Waals surface area contributed by atoms with Crippen molar-refractivity contribution in [1.29, 1.82) is 0 Å². The Hall–Kier alpha value is -1.43. The summed E-state index contributed by atoms with van der Waals surface area (Å²) in [5.74, 6) is 1.02. The molecule has 0 spiro atoms. The molecule has 1 heterocycles. The van der Waals surface area contributed by atoms with Crippen molar-refractivity contribution in [3.63, 3.8) is 0 Å². The van der Waals surface area contributed by atoms with Crippen LogP contribution in [0.3, 0.4) is 0 Å². The summed E-state index contributed by atoms with van der Waals surface area (Å²) in [5, 5.41) is 8.96. The standard InChI is InChI=1S/C19H30N2O3/c1-2-3-16-24-18-6-4-17(5-7-18)19(23)8-9-20-10-12-21(13-11-20)14-15-22/h4-7,22H,2-3,8-16H2,1H3. The van der Waals surface area contributed by atoms with Crippen LogP contribution < -0.4 is 4.74 Å². The number of ketones is 1. The number of Topliss-reactive ketones (excluding diaryl/α,β-unsaturated/α-hetero) is 1. The summed E-state index contributed by atoms with van der Waals surface area (Å²) in [7, 11) is 0. The number of benzene rings is 1. The number of rotatable bonds is 10. The summed E-state index contributed by atoms with van der Waals surface area (Å²) in [5.41, 5.74) is 0.761. The molecule has 0 bridgehead atoms. The van der Waals surface area contributed by atoms with Gasteiger partial charge in [0.1, 0.15) is 5.75 Å². The van der Waals surface area contributed by atoms with Crippen LogP contribution >= 0.6 is 0 Å². The molecule has 0 radical (unpaired) electrons. The van der Waals surface area contributed by atoms with Crippen molar-refractivity contribution >= 4 is 5.78 Å². The van der Waals surface area contributed by atoms with E-state index in [4.69, 9.17) is 9.84 Å². The van der Waals surface area contributed by atoms with Crippen LogP contribution in [-0.4, -0.2) is 73.2 Å². The molecule has 1 fully saturated rings. The maximum Gasteiger partial charge on any atom is 0.164 e. The first-order chi connectivity index (χ1) is 11.7. The fourth-order valence-corrected chi connectivity index (χ4v) is 2.85. The van der Waals surface area contributed by atoms with E-state index in [1.165, 1.54) is 0 Å². The first-order valence-electron chi connectivity index (χ1n) is 9.04. The predicted molar refractivity (Wildman–Crippen MR) is 95.8 cm³/mol. The third-order valence-corrected chi connectivity index (χ3v) is 4.48. The van der Waals surface area contributed by atoms with Crippen molar-refractivity contribution in [3.8, 4) is 5.75 Å². The van der Waals surface area contributed by atoms with Crippen LogP contribution in [0.4, 0.5) is 0 Å². The normalized spacial score (nSPS) is 16.2. The summed E-state index contributed by atoms with van der Waals surface area (Å²) in [6.07, 6.45) is 2.72. The fraction of sp³-hybridized carbons (Fsp3) is 0.632. The molecular formula is C19H30N2O3. The lowest BCUT2D eigenvalue weighted by atomic mass is 10.1. The molecule has 0 saturated carbocycles. The van der Waals surface area contributed by atoms with Gasteiger partial charge in [-0.05, 0) is 30.7 Å². The molecule has 1 aromatic carbocycles. The van der Waals surface area contributed by atoms with Crippen molar-refractivity contribution in [2.75, 3.05) is 52.5 Å². The lowest BCUT2D eigenvalue weighted by Crippen LogP contribution is -2.47. The maximum absolute atomic E-state index is 12.3. The zero-order chi connectivity index (χ0) is 17.2. The predicted octanol–water partition coefficient (Wildman–Crippen LogP) is 2.05. The van der Waals surface area contributed by atoms with E-state index >= 15 is 0 Å². The highest BCUT2D eigenvalue weighted by molar-refractivity contribution is 5.96. The Balaban J connectivity index is 1.70. The number of carbonyl (C=O) groups is 1. The molecule has 2 rings (SSSR count). The Morgan fingerprint density at radius 3 is 2.29 bits per heavy atom. The second kappa shape index (κ2) is 10.4. The number of aliphatic hydroxyl groups excluding tert-OH is 1. The topological polar surface area (TPSA) is 53.0 Å². The molecule has 24 heavy (non-hydrogen) atoms. The van der Waals surface area contributed by atoms with Gasteiger partial charge in [-0.2, -0.15) is 0 Å². The number of hydrogen-bond acceptors (Lipinski definition) is 5. The number of hydrogen-bond donors (Lipinski definition) is 1. The SMILES string of the molecule is CCCCOc1ccc(C(=O)CCN2CCN(CCO)CC2)cc1. The Bertz CT molecular complexity index is 482. The number of unbranched alkanes of at least 4 members (excludes halogenated alkanes) is 1. The zero-order valence-corrected chi connectivity index (χ0v) is 14.7. The van der Waals surface area contributed by atoms with Gasteiger partial charge in [-0.15, -0.1) is 0 Å². The Kier molecular flexibility index (Phi) is 8.22. The van der Waals surface area contributed by atoms with Crippen LogP contribution in [0.2, 0.25) is 0 Å². The van der Waals surface area contributed by atoms with E-state index in [9.17, 15) is 4.79 Å². The van der Waals surface area contributed by atoms with E-state index in [-0.39, 0.29) is 12.4 Å². The van der Waals surface area contributed by atoms with Gasteiger partial charge in [0.05, 0.1) is 13.2 Å². The van der Waals surface area contributed by atoms with Crippen LogP contribution in [0.25, 0.3) is 0 Å². The van der Waals surface area contributed by atoms with E-state index in [1.54, 1.807) is 0 Å². The minimum absolute atomic E-state index is 0.188. The molecule has 5 nitrogen and oxygen atoms in total. The quantitative estimate of drug-likeness (QED) is 0.524. The molecule has 0 aliphatic carbocycles. The van der Waals surface area contributed by atoms with E-state index < -0.39 is 0 Å². The minimum Gasteiger partial charge on any atom is -0.494 e. The van der Waals surface area contributed by atoms with Gasteiger partial charge < -0.3 is 14.7 Å². The number of nitrogens with zero attached hydrogens (tertiary/aromatic N) is 2.